The Morgan fingerprint density at radius 3 is 2.50 bits per heavy atom. The number of thioether (sulfide) groups is 1. The Balaban J connectivity index is 2.15. The van der Waals surface area contributed by atoms with E-state index in [1.807, 2.05) is 32.0 Å². The van der Waals surface area contributed by atoms with Crippen molar-refractivity contribution in [3.8, 4) is 0 Å². The van der Waals surface area contributed by atoms with Gasteiger partial charge in [0.2, 0.25) is 5.91 Å². The second-order valence-corrected chi connectivity index (χ2v) is 5.67. The van der Waals surface area contributed by atoms with Crippen molar-refractivity contribution in [3.05, 3.63) is 35.9 Å². The van der Waals surface area contributed by atoms with Crippen molar-refractivity contribution >= 4 is 23.6 Å². The third kappa shape index (κ3) is 2.98. The van der Waals surface area contributed by atoms with Gasteiger partial charge in [0, 0.05) is 24.4 Å². The molecule has 0 spiro atoms. The molecule has 1 aliphatic rings. The maximum atomic E-state index is 12.5. The molecule has 2 rings (SSSR count). The fraction of sp³-hybridized carbons (Fsp3) is 0.467. The zero-order valence-corrected chi connectivity index (χ0v) is 12.7. The lowest BCUT2D eigenvalue weighted by molar-refractivity contribution is -0.134. The smallest absolute Gasteiger partial charge is 0.255 e. The minimum absolute atomic E-state index is 0.0545. The van der Waals surface area contributed by atoms with E-state index in [-0.39, 0.29) is 17.9 Å². The molecule has 108 valence electrons. The lowest BCUT2D eigenvalue weighted by Crippen LogP contribution is -2.48. The van der Waals surface area contributed by atoms with Gasteiger partial charge in [-0.15, -0.1) is 11.8 Å². The Labute approximate surface area is 124 Å². The van der Waals surface area contributed by atoms with E-state index in [0.717, 1.165) is 0 Å². The highest BCUT2D eigenvalue weighted by Gasteiger charge is 2.36. The predicted octanol–water partition coefficient (Wildman–Crippen LogP) is 2.07. The largest absolute Gasteiger partial charge is 0.341 e. The van der Waals surface area contributed by atoms with Crippen LogP contribution in [-0.2, 0) is 4.79 Å². The molecule has 4 nitrogen and oxygen atoms in total. The van der Waals surface area contributed by atoms with E-state index in [1.165, 1.54) is 0 Å². The average Bonchev–Trinajstić information content (AvgIpc) is 2.98. The summed E-state index contributed by atoms with van der Waals surface area (Å²) in [7, 11) is 0. The molecule has 1 saturated heterocycles. The molecule has 0 N–H and O–H groups in total. The highest BCUT2D eigenvalue weighted by Crippen LogP contribution is 2.24. The Morgan fingerprint density at radius 1 is 1.25 bits per heavy atom. The molecule has 1 unspecified atom stereocenters. The molecule has 0 aliphatic carbocycles. The van der Waals surface area contributed by atoms with Crippen LogP contribution in [0, 0.1) is 0 Å². The van der Waals surface area contributed by atoms with Crippen LogP contribution < -0.4 is 0 Å². The van der Waals surface area contributed by atoms with Crippen molar-refractivity contribution in [2.24, 2.45) is 0 Å². The number of carbonyl (C=O) groups is 2. The molecule has 1 aromatic carbocycles. The summed E-state index contributed by atoms with van der Waals surface area (Å²) in [6.45, 7) is 5.30. The molecule has 1 aliphatic heterocycles. The summed E-state index contributed by atoms with van der Waals surface area (Å²) in [5.41, 5.74) is 0.646. The van der Waals surface area contributed by atoms with Crippen LogP contribution in [0.25, 0.3) is 0 Å². The summed E-state index contributed by atoms with van der Waals surface area (Å²) in [5.74, 6) is 1.28. The summed E-state index contributed by atoms with van der Waals surface area (Å²) in [4.78, 5) is 28.5. The van der Waals surface area contributed by atoms with Crippen LogP contribution in [0.4, 0.5) is 0 Å². The minimum atomic E-state index is -0.326. The number of hydrogen-bond donors (Lipinski definition) is 0. The first-order chi connectivity index (χ1) is 9.69. The summed E-state index contributed by atoms with van der Waals surface area (Å²) in [6.07, 6.45) is 0. The van der Waals surface area contributed by atoms with Crippen molar-refractivity contribution in [1.82, 2.24) is 9.80 Å². The summed E-state index contributed by atoms with van der Waals surface area (Å²) in [5, 5.41) is 0. The average molecular weight is 292 g/mol. The van der Waals surface area contributed by atoms with Gasteiger partial charge < -0.3 is 9.80 Å². The Bertz CT molecular complexity index is 474. The molecule has 0 aromatic heterocycles. The van der Waals surface area contributed by atoms with Gasteiger partial charge in [0.05, 0.1) is 5.88 Å². The van der Waals surface area contributed by atoms with Crippen LogP contribution in [0.1, 0.15) is 24.2 Å². The Morgan fingerprint density at radius 2 is 1.90 bits per heavy atom. The minimum Gasteiger partial charge on any atom is -0.341 e. The van der Waals surface area contributed by atoms with Crippen molar-refractivity contribution in [3.63, 3.8) is 0 Å². The van der Waals surface area contributed by atoms with Crippen LogP contribution in [0.3, 0.4) is 0 Å². The molecular formula is C15H20N2O2S. The maximum Gasteiger partial charge on any atom is 0.255 e. The van der Waals surface area contributed by atoms with Crippen LogP contribution in [-0.4, -0.2) is 52.4 Å². The van der Waals surface area contributed by atoms with Gasteiger partial charge in [-0.3, -0.25) is 9.59 Å². The van der Waals surface area contributed by atoms with Gasteiger partial charge in [0.25, 0.3) is 5.91 Å². The number of carbonyl (C=O) groups excluding carboxylic acids is 2. The van der Waals surface area contributed by atoms with Crippen molar-refractivity contribution in [1.29, 1.82) is 0 Å². The van der Waals surface area contributed by atoms with Crippen LogP contribution in [0.15, 0.2) is 30.3 Å². The van der Waals surface area contributed by atoms with Gasteiger partial charge >= 0.3 is 0 Å². The maximum absolute atomic E-state index is 12.5. The van der Waals surface area contributed by atoms with Crippen LogP contribution in [0.5, 0.6) is 0 Å². The van der Waals surface area contributed by atoms with Crippen molar-refractivity contribution < 1.29 is 9.59 Å². The quantitative estimate of drug-likeness (QED) is 0.853. The van der Waals surface area contributed by atoms with Gasteiger partial charge in [-0.2, -0.15) is 0 Å². The summed E-state index contributed by atoms with van der Waals surface area (Å²) in [6, 6.07) is 8.84. The Hall–Kier alpha value is -1.49. The SMILES string of the molecule is CCN(CC)C(=O)C1CSCN1C(=O)c1ccccc1. The first-order valence-corrected chi connectivity index (χ1v) is 8.07. The van der Waals surface area contributed by atoms with E-state index in [9.17, 15) is 9.59 Å². The Kier molecular flexibility index (Phi) is 5.06. The van der Waals surface area contributed by atoms with E-state index in [2.05, 4.69) is 0 Å². The fourth-order valence-electron chi connectivity index (χ4n) is 2.34. The number of rotatable bonds is 4. The first kappa shape index (κ1) is 14.9. The molecule has 0 bridgehead atoms. The van der Waals surface area contributed by atoms with Crippen LogP contribution >= 0.6 is 11.8 Å². The zero-order valence-electron chi connectivity index (χ0n) is 11.9. The molecule has 5 heteroatoms. The van der Waals surface area contributed by atoms with E-state index < -0.39 is 0 Å². The second kappa shape index (κ2) is 6.79. The van der Waals surface area contributed by atoms with Crippen molar-refractivity contribution in [2.45, 2.75) is 19.9 Å². The second-order valence-electron chi connectivity index (χ2n) is 4.67. The van der Waals surface area contributed by atoms with Gasteiger partial charge in [0.15, 0.2) is 0 Å². The highest BCUT2D eigenvalue weighted by molar-refractivity contribution is 7.99. The molecular weight excluding hydrogens is 272 g/mol. The number of benzene rings is 1. The van der Waals surface area contributed by atoms with E-state index >= 15 is 0 Å². The molecule has 2 amide bonds. The first-order valence-electron chi connectivity index (χ1n) is 6.91. The molecule has 1 heterocycles. The lowest BCUT2D eigenvalue weighted by atomic mass is 10.1. The predicted molar refractivity (Wildman–Crippen MR) is 81.7 cm³/mol. The van der Waals surface area contributed by atoms with Gasteiger partial charge in [-0.1, -0.05) is 18.2 Å². The summed E-state index contributed by atoms with van der Waals surface area (Å²) < 4.78 is 0. The standard InChI is InChI=1S/C15H20N2O2S/c1-3-16(4-2)15(19)13-10-20-11-17(13)14(18)12-8-6-5-7-9-12/h5-9,13H,3-4,10-11H2,1-2H3. The van der Waals surface area contributed by atoms with Gasteiger partial charge in [-0.05, 0) is 26.0 Å². The molecule has 20 heavy (non-hydrogen) atoms. The highest BCUT2D eigenvalue weighted by atomic mass is 32.2. The molecule has 0 radical (unpaired) electrons. The van der Waals surface area contributed by atoms with Gasteiger partial charge in [0.1, 0.15) is 6.04 Å². The third-order valence-corrected chi connectivity index (χ3v) is 4.54. The monoisotopic (exact) mass is 292 g/mol. The number of hydrogen-bond acceptors (Lipinski definition) is 3. The third-order valence-electron chi connectivity index (χ3n) is 3.52. The van der Waals surface area contributed by atoms with E-state index in [1.54, 1.807) is 33.7 Å². The molecule has 0 saturated carbocycles. The number of amides is 2. The van der Waals surface area contributed by atoms with Gasteiger partial charge in [-0.25, -0.2) is 0 Å². The fourth-order valence-corrected chi connectivity index (χ4v) is 3.49. The zero-order chi connectivity index (χ0) is 14.5. The topological polar surface area (TPSA) is 40.6 Å². The summed E-state index contributed by atoms with van der Waals surface area (Å²) >= 11 is 1.64. The van der Waals surface area contributed by atoms with E-state index in [4.69, 9.17) is 0 Å². The normalized spacial score (nSPS) is 18.1. The number of nitrogens with zero attached hydrogens (tertiary/aromatic N) is 2. The van der Waals surface area contributed by atoms with Crippen molar-refractivity contribution in [2.75, 3.05) is 24.7 Å². The molecule has 1 atom stereocenters. The van der Waals surface area contributed by atoms with E-state index in [0.29, 0.717) is 30.3 Å². The molecule has 1 fully saturated rings. The van der Waals surface area contributed by atoms with Crippen LogP contribution in [0.2, 0.25) is 0 Å². The molecule has 1 aromatic rings. The number of likely N-dealkylation sites (N-methyl/N-ethyl adjacent to an activating group) is 1. The lowest BCUT2D eigenvalue weighted by Gasteiger charge is -2.28.